The van der Waals surface area contributed by atoms with Crippen LogP contribution in [-0.4, -0.2) is 33.7 Å². The predicted molar refractivity (Wildman–Crippen MR) is 124 cm³/mol. The van der Waals surface area contributed by atoms with E-state index in [1.54, 1.807) is 32.9 Å². The van der Waals surface area contributed by atoms with E-state index >= 15 is 0 Å². The van der Waals surface area contributed by atoms with Gasteiger partial charge in [0.2, 0.25) is 0 Å². The average molecular weight is 478 g/mol. The average Bonchev–Trinajstić information content (AvgIpc) is 3.10. The second kappa shape index (κ2) is 10.2. The van der Waals surface area contributed by atoms with Gasteiger partial charge in [-0.05, 0) is 44.9 Å². The number of rotatable bonds is 7. The standard InChI is InChI=1S/C23H25Cl2N3O4/c1-23(2,3)32-22(30)28-17(21(29)31-13-14-7-5-4-6-8-14)9-10-20-26-18-11-15(24)16(25)12-19(18)27-20/h4-8,11-12,17H,9-10,13H2,1-3H3,(H,26,27)(H,28,30)/t17-/m0/s1. The molecule has 0 fully saturated rings. The molecule has 32 heavy (non-hydrogen) atoms. The van der Waals surface area contributed by atoms with Crippen LogP contribution in [0.2, 0.25) is 10.0 Å². The molecule has 170 valence electrons. The fraction of sp³-hybridized carbons (Fsp3) is 0.348. The Morgan fingerprint density at radius 1 is 1.12 bits per heavy atom. The molecule has 3 rings (SSSR count). The predicted octanol–water partition coefficient (Wildman–Crippen LogP) is 5.44. The molecule has 0 unspecified atom stereocenters. The zero-order valence-electron chi connectivity index (χ0n) is 18.1. The van der Waals surface area contributed by atoms with Crippen LogP contribution in [0, 0.1) is 0 Å². The van der Waals surface area contributed by atoms with Gasteiger partial charge in [-0.1, -0.05) is 53.5 Å². The SMILES string of the molecule is CC(C)(C)OC(=O)N[C@@H](CCc1nc2cc(Cl)c(Cl)cc2[nH]1)C(=O)OCc1ccccc1. The summed E-state index contributed by atoms with van der Waals surface area (Å²) in [6, 6.07) is 11.8. The minimum atomic E-state index is -0.908. The third-order valence-electron chi connectivity index (χ3n) is 4.44. The number of amides is 1. The first-order valence-corrected chi connectivity index (χ1v) is 10.9. The number of nitrogens with one attached hydrogen (secondary N) is 2. The monoisotopic (exact) mass is 477 g/mol. The van der Waals surface area contributed by atoms with Gasteiger partial charge >= 0.3 is 12.1 Å². The van der Waals surface area contributed by atoms with Crippen molar-refractivity contribution in [2.45, 2.75) is 51.9 Å². The number of alkyl carbamates (subject to hydrolysis) is 1. The Hall–Kier alpha value is -2.77. The summed E-state index contributed by atoms with van der Waals surface area (Å²) in [5, 5.41) is 3.44. The van der Waals surface area contributed by atoms with Crippen LogP contribution in [0.1, 0.15) is 38.6 Å². The molecular weight excluding hydrogens is 453 g/mol. The number of aromatic nitrogens is 2. The number of ether oxygens (including phenoxy) is 2. The first-order valence-electron chi connectivity index (χ1n) is 10.1. The minimum absolute atomic E-state index is 0.105. The lowest BCUT2D eigenvalue weighted by atomic mass is 10.1. The zero-order chi connectivity index (χ0) is 23.3. The maximum absolute atomic E-state index is 12.7. The normalized spacial score (nSPS) is 12.4. The van der Waals surface area contributed by atoms with E-state index in [4.69, 9.17) is 32.7 Å². The van der Waals surface area contributed by atoms with E-state index in [2.05, 4.69) is 15.3 Å². The third kappa shape index (κ3) is 6.87. The Labute approximate surface area is 196 Å². The first-order chi connectivity index (χ1) is 15.1. The topological polar surface area (TPSA) is 93.3 Å². The minimum Gasteiger partial charge on any atom is -0.459 e. The number of hydrogen-bond acceptors (Lipinski definition) is 5. The molecule has 0 aliphatic heterocycles. The van der Waals surface area contributed by atoms with Crippen LogP contribution in [-0.2, 0) is 27.3 Å². The molecule has 1 atom stereocenters. The molecule has 0 saturated carbocycles. The van der Waals surface area contributed by atoms with Crippen molar-refractivity contribution >= 4 is 46.3 Å². The Balaban J connectivity index is 1.69. The zero-order valence-corrected chi connectivity index (χ0v) is 19.6. The quantitative estimate of drug-likeness (QED) is 0.441. The molecule has 0 saturated heterocycles. The smallest absolute Gasteiger partial charge is 0.408 e. The maximum Gasteiger partial charge on any atom is 0.408 e. The molecule has 3 aromatic rings. The van der Waals surface area contributed by atoms with Gasteiger partial charge in [-0.3, -0.25) is 0 Å². The van der Waals surface area contributed by atoms with E-state index in [1.807, 2.05) is 30.3 Å². The summed E-state index contributed by atoms with van der Waals surface area (Å²) in [5.41, 5.74) is 1.55. The highest BCUT2D eigenvalue weighted by atomic mass is 35.5. The van der Waals surface area contributed by atoms with Crippen LogP contribution < -0.4 is 5.32 Å². The Morgan fingerprint density at radius 3 is 2.50 bits per heavy atom. The first kappa shape index (κ1) is 23.9. The summed E-state index contributed by atoms with van der Waals surface area (Å²) < 4.78 is 10.7. The van der Waals surface area contributed by atoms with Crippen LogP contribution in [0.5, 0.6) is 0 Å². The van der Waals surface area contributed by atoms with Crippen molar-refractivity contribution in [2.75, 3.05) is 0 Å². The lowest BCUT2D eigenvalue weighted by Gasteiger charge is -2.23. The summed E-state index contributed by atoms with van der Waals surface area (Å²) in [6.45, 7) is 5.35. The van der Waals surface area contributed by atoms with Gasteiger partial charge in [0.05, 0.1) is 21.1 Å². The van der Waals surface area contributed by atoms with Crippen molar-refractivity contribution < 1.29 is 19.1 Å². The lowest BCUT2D eigenvalue weighted by molar-refractivity contribution is -0.147. The number of carbonyl (C=O) groups excluding carboxylic acids is 2. The van der Waals surface area contributed by atoms with Gasteiger partial charge in [0.1, 0.15) is 24.1 Å². The molecule has 0 aliphatic rings. The van der Waals surface area contributed by atoms with Gasteiger partial charge < -0.3 is 19.8 Å². The van der Waals surface area contributed by atoms with Crippen LogP contribution >= 0.6 is 23.2 Å². The summed E-state index contributed by atoms with van der Waals surface area (Å²) in [5.74, 6) is 0.0760. The van der Waals surface area contributed by atoms with Gasteiger partial charge in [-0.15, -0.1) is 0 Å². The van der Waals surface area contributed by atoms with Crippen molar-refractivity contribution in [1.29, 1.82) is 0 Å². The van der Waals surface area contributed by atoms with E-state index in [-0.39, 0.29) is 13.0 Å². The van der Waals surface area contributed by atoms with Gasteiger partial charge in [-0.2, -0.15) is 0 Å². The molecule has 2 aromatic carbocycles. The summed E-state index contributed by atoms with van der Waals surface area (Å²) in [4.78, 5) is 32.7. The Bertz CT molecular complexity index is 1050. The molecular formula is C23H25Cl2N3O4. The molecule has 1 aromatic heterocycles. The molecule has 1 amide bonds. The Kier molecular flexibility index (Phi) is 7.64. The summed E-state index contributed by atoms with van der Waals surface area (Å²) in [6.07, 6.45) is -0.0544. The van der Waals surface area contributed by atoms with Crippen molar-refractivity contribution in [1.82, 2.24) is 15.3 Å². The lowest BCUT2D eigenvalue weighted by Crippen LogP contribution is -2.44. The van der Waals surface area contributed by atoms with E-state index < -0.39 is 23.7 Å². The van der Waals surface area contributed by atoms with E-state index in [1.165, 1.54) is 0 Å². The number of aromatic amines is 1. The molecule has 9 heteroatoms. The molecule has 0 radical (unpaired) electrons. The van der Waals surface area contributed by atoms with Crippen molar-refractivity contribution in [2.24, 2.45) is 0 Å². The third-order valence-corrected chi connectivity index (χ3v) is 5.16. The van der Waals surface area contributed by atoms with Crippen molar-refractivity contribution in [3.63, 3.8) is 0 Å². The highest BCUT2D eigenvalue weighted by Gasteiger charge is 2.26. The fourth-order valence-corrected chi connectivity index (χ4v) is 3.31. The maximum atomic E-state index is 12.7. The largest absolute Gasteiger partial charge is 0.459 e. The number of nitrogens with zero attached hydrogens (tertiary/aromatic N) is 1. The van der Waals surface area contributed by atoms with E-state index in [0.29, 0.717) is 27.8 Å². The van der Waals surface area contributed by atoms with Crippen LogP contribution in [0.3, 0.4) is 0 Å². The van der Waals surface area contributed by atoms with Gasteiger partial charge in [0.25, 0.3) is 0 Å². The van der Waals surface area contributed by atoms with E-state index in [0.717, 1.165) is 11.1 Å². The van der Waals surface area contributed by atoms with Crippen molar-refractivity contribution in [3.8, 4) is 0 Å². The molecule has 7 nitrogen and oxygen atoms in total. The number of imidazole rings is 1. The number of carbonyl (C=O) groups is 2. The second-order valence-corrected chi connectivity index (χ2v) is 9.11. The molecule has 0 aliphatic carbocycles. The van der Waals surface area contributed by atoms with Gasteiger partial charge in [-0.25, -0.2) is 14.6 Å². The number of benzene rings is 2. The Morgan fingerprint density at radius 2 is 1.81 bits per heavy atom. The molecule has 2 N–H and O–H groups in total. The summed E-state index contributed by atoms with van der Waals surface area (Å²) in [7, 11) is 0. The van der Waals surface area contributed by atoms with Crippen LogP contribution in [0.15, 0.2) is 42.5 Å². The van der Waals surface area contributed by atoms with Crippen LogP contribution in [0.4, 0.5) is 4.79 Å². The van der Waals surface area contributed by atoms with Crippen LogP contribution in [0.25, 0.3) is 11.0 Å². The number of halogens is 2. The van der Waals surface area contributed by atoms with Gasteiger partial charge in [0, 0.05) is 6.42 Å². The highest BCUT2D eigenvalue weighted by Crippen LogP contribution is 2.26. The summed E-state index contributed by atoms with van der Waals surface area (Å²) >= 11 is 12.1. The number of aryl methyl sites for hydroxylation is 1. The number of fused-ring (bicyclic) bond motifs is 1. The molecule has 1 heterocycles. The second-order valence-electron chi connectivity index (χ2n) is 8.30. The fourth-order valence-electron chi connectivity index (χ4n) is 2.99. The highest BCUT2D eigenvalue weighted by molar-refractivity contribution is 6.42. The number of hydrogen-bond donors (Lipinski definition) is 2. The number of H-pyrrole nitrogens is 1. The van der Waals surface area contributed by atoms with Crippen molar-refractivity contribution in [3.05, 3.63) is 63.9 Å². The van der Waals surface area contributed by atoms with E-state index in [9.17, 15) is 9.59 Å². The molecule has 0 bridgehead atoms. The molecule has 0 spiro atoms. The van der Waals surface area contributed by atoms with Gasteiger partial charge in [0.15, 0.2) is 0 Å². The number of esters is 1.